The Hall–Kier alpha value is -1.90. The number of aromatic nitrogens is 2. The van der Waals surface area contributed by atoms with Crippen molar-refractivity contribution in [3.63, 3.8) is 0 Å². The summed E-state index contributed by atoms with van der Waals surface area (Å²) in [5.41, 5.74) is 2.15. The van der Waals surface area contributed by atoms with Crippen LogP contribution in [-0.4, -0.2) is 17.1 Å². The standard InChI is InChI=1S/C13H14N2O/c1-3-10-8-14-13(15-9-10)11-4-6-12(16-2)7-5-11/h4-9H,3H2,1-2H3. The Balaban J connectivity index is 2.28. The smallest absolute Gasteiger partial charge is 0.159 e. The number of methoxy groups -OCH3 is 1. The van der Waals surface area contributed by atoms with Crippen molar-refractivity contribution in [3.8, 4) is 17.1 Å². The molecular formula is C13H14N2O. The molecule has 0 fully saturated rings. The van der Waals surface area contributed by atoms with Crippen LogP contribution in [0.25, 0.3) is 11.4 Å². The molecule has 3 heteroatoms. The normalized spacial score (nSPS) is 10.1. The number of nitrogens with zero attached hydrogens (tertiary/aromatic N) is 2. The van der Waals surface area contributed by atoms with Gasteiger partial charge in [0.1, 0.15) is 5.75 Å². The highest BCUT2D eigenvalue weighted by molar-refractivity contribution is 5.55. The largest absolute Gasteiger partial charge is 0.497 e. The molecule has 1 aromatic heterocycles. The quantitative estimate of drug-likeness (QED) is 0.788. The SMILES string of the molecule is CCc1cnc(-c2ccc(OC)cc2)nc1. The highest BCUT2D eigenvalue weighted by atomic mass is 16.5. The topological polar surface area (TPSA) is 35.0 Å². The van der Waals surface area contributed by atoms with Crippen molar-refractivity contribution in [2.45, 2.75) is 13.3 Å². The lowest BCUT2D eigenvalue weighted by molar-refractivity contribution is 0.415. The fourth-order valence-electron chi connectivity index (χ4n) is 1.43. The third kappa shape index (κ3) is 2.19. The first kappa shape index (κ1) is 10.6. The van der Waals surface area contributed by atoms with E-state index in [1.807, 2.05) is 36.7 Å². The van der Waals surface area contributed by atoms with E-state index in [9.17, 15) is 0 Å². The molecule has 0 saturated heterocycles. The Morgan fingerprint density at radius 3 is 2.19 bits per heavy atom. The van der Waals surface area contributed by atoms with Crippen molar-refractivity contribution in [1.82, 2.24) is 9.97 Å². The van der Waals surface area contributed by atoms with E-state index in [1.165, 1.54) is 0 Å². The Kier molecular flexibility index (Phi) is 3.15. The maximum absolute atomic E-state index is 5.10. The van der Waals surface area contributed by atoms with Gasteiger partial charge in [-0.15, -0.1) is 0 Å². The molecule has 0 aliphatic heterocycles. The van der Waals surface area contributed by atoms with Gasteiger partial charge in [-0.3, -0.25) is 0 Å². The van der Waals surface area contributed by atoms with Crippen molar-refractivity contribution < 1.29 is 4.74 Å². The number of hydrogen-bond donors (Lipinski definition) is 0. The summed E-state index contributed by atoms with van der Waals surface area (Å²) >= 11 is 0. The highest BCUT2D eigenvalue weighted by Gasteiger charge is 2.01. The molecule has 0 unspecified atom stereocenters. The summed E-state index contributed by atoms with van der Waals surface area (Å²) in [5.74, 6) is 1.59. The fraction of sp³-hybridized carbons (Fsp3) is 0.231. The second kappa shape index (κ2) is 4.75. The molecule has 0 spiro atoms. The van der Waals surface area contributed by atoms with Gasteiger partial charge >= 0.3 is 0 Å². The van der Waals surface area contributed by atoms with Crippen LogP contribution in [0.3, 0.4) is 0 Å². The Morgan fingerprint density at radius 2 is 1.69 bits per heavy atom. The summed E-state index contributed by atoms with van der Waals surface area (Å²) in [5, 5.41) is 0. The Bertz CT molecular complexity index is 403. The van der Waals surface area contributed by atoms with Crippen LogP contribution in [0.1, 0.15) is 12.5 Å². The number of hydrogen-bond acceptors (Lipinski definition) is 3. The van der Waals surface area contributed by atoms with Gasteiger partial charge < -0.3 is 4.74 Å². The van der Waals surface area contributed by atoms with Gasteiger partial charge in [0, 0.05) is 18.0 Å². The summed E-state index contributed by atoms with van der Waals surface area (Å²) in [6.45, 7) is 2.09. The van der Waals surface area contributed by atoms with Gasteiger partial charge in [-0.05, 0) is 36.2 Å². The molecule has 82 valence electrons. The molecule has 0 bridgehead atoms. The third-order valence-electron chi connectivity index (χ3n) is 2.46. The van der Waals surface area contributed by atoms with Crippen molar-refractivity contribution in [1.29, 1.82) is 0 Å². The van der Waals surface area contributed by atoms with Crippen LogP contribution >= 0.6 is 0 Å². The number of benzene rings is 1. The Labute approximate surface area is 95.1 Å². The second-order valence-electron chi connectivity index (χ2n) is 3.50. The van der Waals surface area contributed by atoms with Crippen molar-refractivity contribution in [2.24, 2.45) is 0 Å². The molecule has 0 aliphatic carbocycles. The van der Waals surface area contributed by atoms with Crippen LogP contribution in [0.15, 0.2) is 36.7 Å². The zero-order valence-corrected chi connectivity index (χ0v) is 9.47. The lowest BCUT2D eigenvalue weighted by Gasteiger charge is -2.02. The summed E-state index contributed by atoms with van der Waals surface area (Å²) in [6.07, 6.45) is 4.70. The highest BCUT2D eigenvalue weighted by Crippen LogP contribution is 2.18. The van der Waals surface area contributed by atoms with Gasteiger partial charge in [0.15, 0.2) is 5.82 Å². The monoisotopic (exact) mass is 214 g/mol. The predicted molar refractivity (Wildman–Crippen MR) is 63.4 cm³/mol. The van der Waals surface area contributed by atoms with E-state index in [0.29, 0.717) is 0 Å². The maximum atomic E-state index is 5.10. The molecule has 0 N–H and O–H groups in total. The van der Waals surface area contributed by atoms with E-state index in [4.69, 9.17) is 4.74 Å². The van der Waals surface area contributed by atoms with Crippen LogP contribution < -0.4 is 4.74 Å². The molecule has 2 aromatic rings. The molecule has 0 amide bonds. The van der Waals surface area contributed by atoms with Crippen LogP contribution in [0.4, 0.5) is 0 Å². The molecule has 16 heavy (non-hydrogen) atoms. The Morgan fingerprint density at radius 1 is 1.06 bits per heavy atom. The zero-order valence-electron chi connectivity index (χ0n) is 9.47. The van der Waals surface area contributed by atoms with Crippen molar-refractivity contribution in [2.75, 3.05) is 7.11 Å². The molecule has 2 rings (SSSR count). The van der Waals surface area contributed by atoms with Gasteiger partial charge in [-0.2, -0.15) is 0 Å². The molecule has 1 heterocycles. The number of ether oxygens (including phenoxy) is 1. The molecule has 3 nitrogen and oxygen atoms in total. The van der Waals surface area contributed by atoms with E-state index >= 15 is 0 Å². The van der Waals surface area contributed by atoms with Crippen LogP contribution in [-0.2, 0) is 6.42 Å². The molecule has 1 aromatic carbocycles. The number of aryl methyl sites for hydroxylation is 1. The van der Waals surface area contributed by atoms with E-state index in [2.05, 4.69) is 16.9 Å². The van der Waals surface area contributed by atoms with Crippen LogP contribution in [0.2, 0.25) is 0 Å². The first-order valence-corrected chi connectivity index (χ1v) is 5.29. The van der Waals surface area contributed by atoms with Crippen LogP contribution in [0.5, 0.6) is 5.75 Å². The minimum absolute atomic E-state index is 0.750. The average Bonchev–Trinajstić information content (AvgIpc) is 2.39. The van der Waals surface area contributed by atoms with Gasteiger partial charge in [0.05, 0.1) is 7.11 Å². The minimum Gasteiger partial charge on any atom is -0.497 e. The molecule has 0 atom stereocenters. The third-order valence-corrected chi connectivity index (χ3v) is 2.46. The summed E-state index contributed by atoms with van der Waals surface area (Å²) < 4.78 is 5.10. The minimum atomic E-state index is 0.750. The van der Waals surface area contributed by atoms with Gasteiger partial charge in [0.2, 0.25) is 0 Å². The van der Waals surface area contributed by atoms with Gasteiger partial charge in [-0.1, -0.05) is 6.92 Å². The fourth-order valence-corrected chi connectivity index (χ4v) is 1.43. The average molecular weight is 214 g/mol. The maximum Gasteiger partial charge on any atom is 0.159 e. The van der Waals surface area contributed by atoms with Crippen molar-refractivity contribution in [3.05, 3.63) is 42.2 Å². The van der Waals surface area contributed by atoms with E-state index in [-0.39, 0.29) is 0 Å². The van der Waals surface area contributed by atoms with Gasteiger partial charge in [-0.25, -0.2) is 9.97 Å². The lowest BCUT2D eigenvalue weighted by Crippen LogP contribution is -1.91. The molecular weight excluding hydrogens is 200 g/mol. The molecule has 0 aliphatic rings. The number of rotatable bonds is 3. The van der Waals surface area contributed by atoms with Gasteiger partial charge in [0.25, 0.3) is 0 Å². The van der Waals surface area contributed by atoms with E-state index in [1.54, 1.807) is 7.11 Å². The zero-order chi connectivity index (χ0) is 11.4. The summed E-state index contributed by atoms with van der Waals surface area (Å²) in [7, 11) is 1.65. The summed E-state index contributed by atoms with van der Waals surface area (Å²) in [4.78, 5) is 8.65. The molecule has 0 radical (unpaired) electrons. The second-order valence-corrected chi connectivity index (χ2v) is 3.50. The van der Waals surface area contributed by atoms with Crippen molar-refractivity contribution >= 4 is 0 Å². The summed E-state index contributed by atoms with van der Waals surface area (Å²) in [6, 6.07) is 7.73. The van der Waals surface area contributed by atoms with E-state index in [0.717, 1.165) is 29.1 Å². The van der Waals surface area contributed by atoms with E-state index < -0.39 is 0 Å². The first-order valence-electron chi connectivity index (χ1n) is 5.29. The molecule has 0 saturated carbocycles. The predicted octanol–water partition coefficient (Wildman–Crippen LogP) is 2.71. The lowest BCUT2D eigenvalue weighted by atomic mass is 10.2. The van der Waals surface area contributed by atoms with Crippen LogP contribution in [0, 0.1) is 0 Å². The first-order chi connectivity index (χ1) is 7.83.